The lowest BCUT2D eigenvalue weighted by Crippen LogP contribution is -2.15. The Balaban J connectivity index is 1.10. The lowest BCUT2D eigenvalue weighted by molar-refractivity contribution is 0.661. The standard InChI is InChI=1S/C49H34/c1-27-11-15-29(16-12-27)31-19-21-37-41-25-45-43(23-39(41)35-9-5-7-33(31)47(35)37)44-24-40-36-10-6-8-34-32(30-17-13-28(2)14-18-30)20-22-38(48(34)36)42(40)26-46(44)49(45,3)4/h5-26H,1-4H3. The van der Waals surface area contributed by atoms with Gasteiger partial charge in [-0.25, -0.2) is 0 Å². The van der Waals surface area contributed by atoms with Crippen LogP contribution in [-0.4, -0.2) is 0 Å². The van der Waals surface area contributed by atoms with Crippen LogP contribution in [0.25, 0.3) is 99.4 Å². The first-order valence-electron chi connectivity index (χ1n) is 17.5. The summed E-state index contributed by atoms with van der Waals surface area (Å²) < 4.78 is 0. The number of hydrogen-bond donors (Lipinski definition) is 0. The molecule has 8 aromatic carbocycles. The predicted octanol–water partition coefficient (Wildman–Crippen LogP) is 13.5. The molecule has 0 unspecified atom stereocenters. The van der Waals surface area contributed by atoms with Gasteiger partial charge in [0.25, 0.3) is 0 Å². The summed E-state index contributed by atoms with van der Waals surface area (Å²) in [6.45, 7) is 9.16. The summed E-state index contributed by atoms with van der Waals surface area (Å²) in [6, 6.07) is 51.2. The van der Waals surface area contributed by atoms with Gasteiger partial charge >= 0.3 is 0 Å². The summed E-state index contributed by atoms with van der Waals surface area (Å²) >= 11 is 0. The molecule has 0 radical (unpaired) electrons. The van der Waals surface area contributed by atoms with Crippen molar-refractivity contribution in [2.75, 3.05) is 0 Å². The summed E-state index contributed by atoms with van der Waals surface area (Å²) in [6.07, 6.45) is 0. The van der Waals surface area contributed by atoms with Crippen molar-refractivity contribution in [1.29, 1.82) is 0 Å². The molecular weight excluding hydrogens is 589 g/mol. The largest absolute Gasteiger partial charge is 0.0610 e. The highest BCUT2D eigenvalue weighted by Gasteiger charge is 2.39. The minimum Gasteiger partial charge on any atom is -0.0610 e. The summed E-state index contributed by atoms with van der Waals surface area (Å²) in [7, 11) is 0. The first-order valence-corrected chi connectivity index (χ1v) is 17.5. The average molecular weight is 623 g/mol. The SMILES string of the molecule is Cc1ccc(-c2ccc3c4c(cccc24)-c2cc4c(cc2-3)C(C)(C)c2cc3c(cc2-4)-c2cccc4c(-c5ccc(C)cc5)ccc-3c24)cc1. The molecule has 0 N–H and O–H groups in total. The second kappa shape index (κ2) is 9.24. The van der Waals surface area contributed by atoms with Crippen LogP contribution in [0.15, 0.2) is 133 Å². The maximum Gasteiger partial charge on any atom is 0.0159 e. The third kappa shape index (κ3) is 3.49. The van der Waals surface area contributed by atoms with E-state index in [2.05, 4.69) is 161 Å². The molecule has 0 spiro atoms. The Bertz CT molecular complexity index is 2580. The average Bonchev–Trinajstić information content (AvgIpc) is 3.69. The van der Waals surface area contributed by atoms with Gasteiger partial charge in [-0.05, 0) is 149 Å². The molecule has 0 heterocycles. The Morgan fingerprint density at radius 2 is 0.694 bits per heavy atom. The Morgan fingerprint density at radius 1 is 0.327 bits per heavy atom. The van der Waals surface area contributed by atoms with Gasteiger partial charge in [-0.3, -0.25) is 0 Å². The van der Waals surface area contributed by atoms with Gasteiger partial charge in [0.15, 0.2) is 0 Å². The van der Waals surface area contributed by atoms with Gasteiger partial charge in [0.1, 0.15) is 0 Å². The van der Waals surface area contributed by atoms with Gasteiger partial charge in [0, 0.05) is 5.41 Å². The Morgan fingerprint density at radius 3 is 1.12 bits per heavy atom. The zero-order valence-electron chi connectivity index (χ0n) is 28.2. The Hall–Kier alpha value is -5.72. The van der Waals surface area contributed by atoms with Crippen LogP contribution in [0, 0.1) is 13.8 Å². The molecular formula is C49H34. The highest BCUT2D eigenvalue weighted by molar-refractivity contribution is 6.21. The Labute approximate surface area is 287 Å². The van der Waals surface area contributed by atoms with Gasteiger partial charge in [-0.15, -0.1) is 0 Å². The van der Waals surface area contributed by atoms with E-state index in [4.69, 9.17) is 0 Å². The number of benzene rings is 8. The van der Waals surface area contributed by atoms with Crippen LogP contribution in [0.2, 0.25) is 0 Å². The maximum absolute atomic E-state index is 2.53. The van der Waals surface area contributed by atoms with Gasteiger partial charge in [0.05, 0.1) is 0 Å². The van der Waals surface area contributed by atoms with E-state index in [1.165, 1.54) is 122 Å². The smallest absolute Gasteiger partial charge is 0.0159 e. The Kier molecular flexibility index (Phi) is 5.14. The number of hydrogen-bond acceptors (Lipinski definition) is 0. The molecule has 0 heteroatoms. The molecule has 0 fully saturated rings. The number of rotatable bonds is 2. The molecule has 3 aliphatic carbocycles. The maximum atomic E-state index is 2.53. The van der Waals surface area contributed by atoms with Crippen molar-refractivity contribution in [3.8, 4) is 77.9 Å². The quantitative estimate of drug-likeness (QED) is 0.180. The van der Waals surface area contributed by atoms with Crippen molar-refractivity contribution in [2.24, 2.45) is 0 Å². The molecule has 230 valence electrons. The molecule has 0 nitrogen and oxygen atoms in total. The van der Waals surface area contributed by atoms with Gasteiger partial charge in [-0.2, -0.15) is 0 Å². The molecule has 0 aromatic heterocycles. The molecule has 0 bridgehead atoms. The van der Waals surface area contributed by atoms with Crippen molar-refractivity contribution >= 4 is 21.5 Å². The van der Waals surface area contributed by atoms with Crippen molar-refractivity contribution < 1.29 is 0 Å². The van der Waals surface area contributed by atoms with Crippen LogP contribution < -0.4 is 0 Å². The summed E-state index contributed by atoms with van der Waals surface area (Å²) in [5, 5.41) is 5.45. The molecule has 0 amide bonds. The van der Waals surface area contributed by atoms with E-state index < -0.39 is 0 Å². The molecule has 0 saturated carbocycles. The fraction of sp³-hybridized carbons (Fsp3) is 0.102. The van der Waals surface area contributed by atoms with E-state index in [0.29, 0.717) is 0 Å². The molecule has 11 rings (SSSR count). The van der Waals surface area contributed by atoms with Crippen molar-refractivity contribution in [3.63, 3.8) is 0 Å². The molecule has 0 aliphatic heterocycles. The fourth-order valence-electron chi connectivity index (χ4n) is 9.40. The molecule has 8 aromatic rings. The zero-order valence-corrected chi connectivity index (χ0v) is 28.2. The second-order valence-electron chi connectivity index (χ2n) is 15.0. The van der Waals surface area contributed by atoms with Crippen LogP contribution >= 0.6 is 0 Å². The summed E-state index contributed by atoms with van der Waals surface area (Å²) in [5.74, 6) is 0. The minimum atomic E-state index is -0.111. The van der Waals surface area contributed by atoms with Crippen LogP contribution in [-0.2, 0) is 5.41 Å². The summed E-state index contributed by atoms with van der Waals surface area (Å²) in [4.78, 5) is 0. The van der Waals surface area contributed by atoms with Crippen molar-refractivity contribution in [1.82, 2.24) is 0 Å². The van der Waals surface area contributed by atoms with E-state index >= 15 is 0 Å². The van der Waals surface area contributed by atoms with Gasteiger partial charge in [-0.1, -0.05) is 134 Å². The number of fused-ring (bicyclic) bond motifs is 9. The van der Waals surface area contributed by atoms with E-state index in [-0.39, 0.29) is 5.41 Å². The van der Waals surface area contributed by atoms with E-state index in [0.717, 1.165) is 0 Å². The monoisotopic (exact) mass is 622 g/mol. The van der Waals surface area contributed by atoms with E-state index in [9.17, 15) is 0 Å². The zero-order chi connectivity index (χ0) is 32.8. The summed E-state index contributed by atoms with van der Waals surface area (Å²) in [5.41, 5.74) is 24.1. The van der Waals surface area contributed by atoms with Gasteiger partial charge < -0.3 is 0 Å². The van der Waals surface area contributed by atoms with Crippen LogP contribution in [0.1, 0.15) is 36.1 Å². The molecule has 0 saturated heterocycles. The van der Waals surface area contributed by atoms with E-state index in [1.54, 1.807) is 0 Å². The molecule has 0 atom stereocenters. The lowest BCUT2D eigenvalue weighted by atomic mass is 9.80. The topological polar surface area (TPSA) is 0 Å². The van der Waals surface area contributed by atoms with Crippen LogP contribution in [0.3, 0.4) is 0 Å². The third-order valence-electron chi connectivity index (χ3n) is 11.9. The highest BCUT2D eigenvalue weighted by Crippen LogP contribution is 2.59. The minimum absolute atomic E-state index is 0.111. The highest BCUT2D eigenvalue weighted by atomic mass is 14.4. The lowest BCUT2D eigenvalue weighted by Gasteiger charge is -2.23. The molecule has 3 aliphatic rings. The number of aryl methyl sites for hydroxylation is 2. The normalized spacial score (nSPS) is 13.9. The van der Waals surface area contributed by atoms with Crippen molar-refractivity contribution in [2.45, 2.75) is 33.1 Å². The van der Waals surface area contributed by atoms with Crippen LogP contribution in [0.5, 0.6) is 0 Å². The third-order valence-corrected chi connectivity index (χ3v) is 11.9. The van der Waals surface area contributed by atoms with Crippen LogP contribution in [0.4, 0.5) is 0 Å². The van der Waals surface area contributed by atoms with Gasteiger partial charge in [0.2, 0.25) is 0 Å². The fourth-order valence-corrected chi connectivity index (χ4v) is 9.40. The first-order chi connectivity index (χ1) is 23.9. The first kappa shape index (κ1) is 27.3. The van der Waals surface area contributed by atoms with E-state index in [1.807, 2.05) is 0 Å². The second-order valence-corrected chi connectivity index (χ2v) is 15.0. The molecule has 49 heavy (non-hydrogen) atoms. The predicted molar refractivity (Wildman–Crippen MR) is 208 cm³/mol. The van der Waals surface area contributed by atoms with Crippen molar-refractivity contribution in [3.05, 3.63) is 156 Å².